The molecule has 0 aromatic carbocycles. The van der Waals surface area contributed by atoms with Crippen molar-refractivity contribution < 1.29 is 30.0 Å². The number of nitrogens with zero attached hydrogens (tertiary/aromatic N) is 5. The van der Waals surface area contributed by atoms with E-state index < -0.39 is 12.3 Å². The van der Waals surface area contributed by atoms with Gasteiger partial charge in [0, 0.05) is 18.0 Å². The highest BCUT2D eigenvalue weighted by Crippen LogP contribution is 2.38. The van der Waals surface area contributed by atoms with Gasteiger partial charge in [-0.1, -0.05) is 0 Å². The third-order valence-electron chi connectivity index (χ3n) is 3.32. The molecular formula is C15H19N7O6. The maximum Gasteiger partial charge on any atom is 0.503 e. The molecule has 1 aliphatic carbocycles. The van der Waals surface area contributed by atoms with Crippen molar-refractivity contribution in [3.63, 3.8) is 0 Å². The zero-order chi connectivity index (χ0) is 20.0. The first-order valence-electron chi connectivity index (χ1n) is 7.53. The van der Waals surface area contributed by atoms with Crippen LogP contribution in [0.1, 0.15) is 18.9 Å². The van der Waals surface area contributed by atoms with E-state index in [2.05, 4.69) is 20.1 Å². The number of fused-ring (bicyclic) bond motifs is 1. The largest absolute Gasteiger partial charge is 0.503 e. The summed E-state index contributed by atoms with van der Waals surface area (Å²) in [6, 6.07) is 4.18. The molecule has 1 fully saturated rings. The number of anilines is 1. The number of nitrogens with two attached hydrogens (primary N) is 1. The van der Waals surface area contributed by atoms with Gasteiger partial charge in [-0.15, -0.1) is 0 Å². The Kier molecular flexibility index (Phi) is 7.58. The van der Waals surface area contributed by atoms with Crippen LogP contribution < -0.4 is 11.9 Å². The van der Waals surface area contributed by atoms with E-state index >= 15 is 0 Å². The molecule has 0 spiro atoms. The van der Waals surface area contributed by atoms with Crippen molar-refractivity contribution in [2.75, 3.05) is 5.73 Å². The van der Waals surface area contributed by atoms with Crippen molar-refractivity contribution in [3.05, 3.63) is 30.9 Å². The molecule has 0 radical (unpaired) electrons. The fourth-order valence-corrected chi connectivity index (χ4v) is 2.21. The Hall–Kier alpha value is -4.00. The molecule has 0 saturated heterocycles. The van der Waals surface area contributed by atoms with Crippen LogP contribution in [-0.2, 0) is 0 Å². The fraction of sp³-hybridized carbons (Fsp3) is 0.200. The third kappa shape index (κ3) is 6.06. The number of aromatic nitrogens is 5. The van der Waals surface area contributed by atoms with Crippen molar-refractivity contribution in [2.45, 2.75) is 18.9 Å². The van der Waals surface area contributed by atoms with Gasteiger partial charge >= 0.3 is 12.3 Å². The van der Waals surface area contributed by atoms with Crippen LogP contribution in [0.4, 0.5) is 15.4 Å². The van der Waals surface area contributed by atoms with Gasteiger partial charge in [0.15, 0.2) is 5.65 Å². The minimum Gasteiger partial charge on any atom is -0.450 e. The molecule has 4 rings (SSSR count). The summed E-state index contributed by atoms with van der Waals surface area (Å²) in [5.74, 6) is 0.505. The second-order valence-corrected chi connectivity index (χ2v) is 5.32. The molecule has 3 heterocycles. The smallest absolute Gasteiger partial charge is 0.450 e. The normalized spacial score (nSPS) is 11.9. The van der Waals surface area contributed by atoms with Crippen LogP contribution in [0.25, 0.3) is 22.3 Å². The summed E-state index contributed by atoms with van der Waals surface area (Å²) in [6.07, 6.45) is 3.77. The van der Waals surface area contributed by atoms with Crippen LogP contribution in [0.5, 0.6) is 0 Å². The lowest BCUT2D eigenvalue weighted by Crippen LogP contribution is -1.97. The Labute approximate surface area is 157 Å². The van der Waals surface area contributed by atoms with Gasteiger partial charge in [-0.2, -0.15) is 5.10 Å². The highest BCUT2D eigenvalue weighted by molar-refractivity contribution is 5.90. The molecule has 150 valence electrons. The van der Waals surface area contributed by atoms with Crippen molar-refractivity contribution in [1.29, 1.82) is 0 Å². The molecule has 1 saturated carbocycles. The lowest BCUT2D eigenvalue weighted by molar-refractivity contribution is 0.135. The average molecular weight is 393 g/mol. The highest BCUT2D eigenvalue weighted by atomic mass is 16.6. The predicted octanol–water partition coefficient (Wildman–Crippen LogP) is 2.41. The van der Waals surface area contributed by atoms with Gasteiger partial charge in [-0.05, 0) is 25.0 Å². The van der Waals surface area contributed by atoms with E-state index in [-0.39, 0.29) is 6.15 Å². The van der Waals surface area contributed by atoms with Crippen LogP contribution in [-0.4, -0.2) is 57.5 Å². The first-order chi connectivity index (χ1) is 12.8. The molecule has 9 N–H and O–H groups in total. The summed E-state index contributed by atoms with van der Waals surface area (Å²) >= 11 is 0. The van der Waals surface area contributed by atoms with E-state index in [9.17, 15) is 0 Å². The first kappa shape index (κ1) is 22.0. The Balaban J connectivity index is 0.000000377. The second-order valence-electron chi connectivity index (χ2n) is 5.32. The van der Waals surface area contributed by atoms with Gasteiger partial charge < -0.3 is 32.3 Å². The van der Waals surface area contributed by atoms with Crippen LogP contribution in [0.3, 0.4) is 0 Å². The van der Waals surface area contributed by atoms with Crippen molar-refractivity contribution in [1.82, 2.24) is 30.9 Å². The number of carboxylic acid groups (broad SMARTS) is 4. The number of pyridine rings is 1. The molecule has 0 aliphatic heterocycles. The van der Waals surface area contributed by atoms with Gasteiger partial charge in [0.2, 0.25) is 0 Å². The average Bonchev–Trinajstić information content (AvgIpc) is 3.36. The summed E-state index contributed by atoms with van der Waals surface area (Å²) in [5.41, 5.74) is 8.32. The second kappa shape index (κ2) is 9.63. The number of rotatable bonds is 2. The minimum atomic E-state index is -1.83. The predicted molar refractivity (Wildman–Crippen MR) is 97.6 cm³/mol. The quantitative estimate of drug-likeness (QED) is 0.368. The van der Waals surface area contributed by atoms with Gasteiger partial charge in [-0.25, -0.2) is 29.2 Å². The maximum atomic E-state index is 8.56. The van der Waals surface area contributed by atoms with E-state index in [1.807, 2.05) is 10.7 Å². The van der Waals surface area contributed by atoms with Gasteiger partial charge in [-0.3, -0.25) is 0 Å². The van der Waals surface area contributed by atoms with Crippen LogP contribution in [0.2, 0.25) is 0 Å². The van der Waals surface area contributed by atoms with E-state index in [4.69, 9.17) is 35.7 Å². The molecular weight excluding hydrogens is 374 g/mol. The standard InChI is InChI=1S/C13H12N6.2CH2O3.H3N/c14-11-4-1-8(5-16-11)12-10-6-15-7-17-13(10)19(18-12)9-2-3-9;2*2-1(3)4;/h1,4-7,9H,2-3H2,(H2,14,16);2*(H2,2,3,4);1H3. The number of hydrogen-bond donors (Lipinski definition) is 6. The molecule has 13 heteroatoms. The Morgan fingerprint density at radius 1 is 1.04 bits per heavy atom. The maximum absolute atomic E-state index is 8.56. The van der Waals surface area contributed by atoms with Crippen molar-refractivity contribution in [3.8, 4) is 11.3 Å². The fourth-order valence-electron chi connectivity index (χ4n) is 2.21. The Bertz CT molecular complexity index is 920. The lowest BCUT2D eigenvalue weighted by atomic mass is 10.1. The highest BCUT2D eigenvalue weighted by Gasteiger charge is 2.28. The van der Waals surface area contributed by atoms with Crippen LogP contribution in [0, 0.1) is 0 Å². The van der Waals surface area contributed by atoms with E-state index in [0.717, 1.165) is 22.3 Å². The van der Waals surface area contributed by atoms with E-state index in [1.54, 1.807) is 24.8 Å². The molecule has 13 nitrogen and oxygen atoms in total. The molecule has 3 aromatic rings. The molecule has 28 heavy (non-hydrogen) atoms. The zero-order valence-electron chi connectivity index (χ0n) is 14.5. The number of carbonyl (C=O) groups is 2. The van der Waals surface area contributed by atoms with Gasteiger partial charge in [0.1, 0.15) is 17.8 Å². The summed E-state index contributed by atoms with van der Waals surface area (Å²) < 4.78 is 2.00. The molecule has 1 aliphatic rings. The third-order valence-corrected chi connectivity index (χ3v) is 3.32. The number of nitrogen functional groups attached to an aromatic ring is 1. The minimum absolute atomic E-state index is 0. The summed E-state index contributed by atoms with van der Waals surface area (Å²) in [7, 11) is 0. The zero-order valence-corrected chi connectivity index (χ0v) is 14.5. The van der Waals surface area contributed by atoms with E-state index in [1.165, 1.54) is 12.8 Å². The molecule has 0 atom stereocenters. The summed E-state index contributed by atoms with van der Waals surface area (Å²) in [4.78, 5) is 29.7. The van der Waals surface area contributed by atoms with Crippen LogP contribution in [0.15, 0.2) is 30.9 Å². The summed E-state index contributed by atoms with van der Waals surface area (Å²) in [6.45, 7) is 0. The molecule has 3 aromatic heterocycles. The van der Waals surface area contributed by atoms with Gasteiger partial charge in [0.05, 0.1) is 11.4 Å². The van der Waals surface area contributed by atoms with Crippen molar-refractivity contribution in [2.24, 2.45) is 0 Å². The number of hydrogen-bond acceptors (Lipinski definition) is 8. The topological polar surface area (TPSA) is 233 Å². The van der Waals surface area contributed by atoms with Crippen LogP contribution >= 0.6 is 0 Å². The Morgan fingerprint density at radius 2 is 1.64 bits per heavy atom. The van der Waals surface area contributed by atoms with E-state index in [0.29, 0.717) is 11.9 Å². The summed E-state index contributed by atoms with van der Waals surface area (Å²) in [5, 5.41) is 33.5. The Morgan fingerprint density at radius 3 is 2.14 bits per heavy atom. The molecule has 0 bridgehead atoms. The SMILES string of the molecule is N.Nc1ccc(-c2nn(C3CC3)c3ncncc23)cn1.O=C(O)O.O=C(O)O. The molecule has 0 unspecified atom stereocenters. The monoisotopic (exact) mass is 393 g/mol. The van der Waals surface area contributed by atoms with Crippen molar-refractivity contribution >= 4 is 29.2 Å². The lowest BCUT2D eigenvalue weighted by Gasteiger charge is -1.98. The van der Waals surface area contributed by atoms with Gasteiger partial charge in [0.25, 0.3) is 0 Å². The first-order valence-corrected chi connectivity index (χ1v) is 7.53. The molecule has 0 amide bonds.